The van der Waals surface area contributed by atoms with Crippen molar-refractivity contribution in [2.75, 3.05) is 25.6 Å². The molecule has 0 amide bonds. The lowest BCUT2D eigenvalue weighted by Gasteiger charge is -2.10. The van der Waals surface area contributed by atoms with Crippen LogP contribution in [0.3, 0.4) is 0 Å². The summed E-state index contributed by atoms with van der Waals surface area (Å²) in [5.74, 6) is 1.63. The minimum absolute atomic E-state index is 0.469. The van der Waals surface area contributed by atoms with Gasteiger partial charge in [0.1, 0.15) is 18.2 Å². The summed E-state index contributed by atoms with van der Waals surface area (Å²) < 4.78 is 10.8. The van der Waals surface area contributed by atoms with Crippen molar-refractivity contribution in [1.29, 1.82) is 0 Å². The van der Waals surface area contributed by atoms with Gasteiger partial charge >= 0.3 is 0 Å². The number of nitrogens with zero attached hydrogens (tertiary/aromatic N) is 2. The molecule has 1 rings (SSSR count). The van der Waals surface area contributed by atoms with Crippen molar-refractivity contribution in [3.05, 3.63) is 11.4 Å². The summed E-state index contributed by atoms with van der Waals surface area (Å²) in [6, 6.07) is 0. The van der Waals surface area contributed by atoms with Gasteiger partial charge in [0.15, 0.2) is 0 Å². The van der Waals surface area contributed by atoms with E-state index in [2.05, 4.69) is 16.9 Å². The Morgan fingerprint density at radius 1 is 1.12 bits per heavy atom. The van der Waals surface area contributed by atoms with E-state index in [0.717, 1.165) is 18.6 Å². The van der Waals surface area contributed by atoms with Gasteiger partial charge in [0.2, 0.25) is 5.88 Å². The fourth-order valence-corrected chi connectivity index (χ4v) is 1.21. The first-order valence-electron chi connectivity index (χ1n) is 5.46. The maximum Gasteiger partial charge on any atom is 0.221 e. The molecule has 0 fully saturated rings. The summed E-state index contributed by atoms with van der Waals surface area (Å²) in [6.07, 6.45) is 1.01. The molecule has 5 nitrogen and oxygen atoms in total. The zero-order valence-corrected chi connectivity index (χ0v) is 10.1. The van der Waals surface area contributed by atoms with E-state index in [9.17, 15) is 0 Å². The molecule has 16 heavy (non-hydrogen) atoms. The molecule has 0 aliphatic heterocycles. The average molecular weight is 225 g/mol. The Hall–Kier alpha value is -1.36. The van der Waals surface area contributed by atoms with Crippen LogP contribution in [0.15, 0.2) is 0 Å². The molecule has 0 aliphatic carbocycles. The van der Waals surface area contributed by atoms with Gasteiger partial charge in [-0.25, -0.2) is 4.98 Å². The van der Waals surface area contributed by atoms with Crippen molar-refractivity contribution in [1.82, 2.24) is 9.97 Å². The smallest absolute Gasteiger partial charge is 0.221 e. The molecule has 2 N–H and O–H groups in total. The molecule has 0 unspecified atom stereocenters. The minimum atomic E-state index is 0.469. The lowest BCUT2D eigenvalue weighted by molar-refractivity contribution is 0.0986. The van der Waals surface area contributed by atoms with Gasteiger partial charge in [-0.2, -0.15) is 4.98 Å². The van der Waals surface area contributed by atoms with Crippen LogP contribution in [0.25, 0.3) is 0 Å². The summed E-state index contributed by atoms with van der Waals surface area (Å²) >= 11 is 0. The topological polar surface area (TPSA) is 70.3 Å². The Balaban J connectivity index is 2.47. The van der Waals surface area contributed by atoms with Gasteiger partial charge in [0.25, 0.3) is 0 Å². The van der Waals surface area contributed by atoms with Crippen molar-refractivity contribution in [3.63, 3.8) is 0 Å². The third-order valence-corrected chi connectivity index (χ3v) is 2.07. The van der Waals surface area contributed by atoms with Gasteiger partial charge in [0.05, 0.1) is 12.2 Å². The first-order chi connectivity index (χ1) is 7.65. The molecule has 1 aromatic heterocycles. The Bertz CT molecular complexity index is 342. The van der Waals surface area contributed by atoms with E-state index >= 15 is 0 Å². The highest BCUT2D eigenvalue weighted by Gasteiger charge is 2.07. The monoisotopic (exact) mass is 225 g/mol. The number of rotatable bonds is 6. The molecule has 1 aromatic rings. The van der Waals surface area contributed by atoms with Crippen LogP contribution in [-0.4, -0.2) is 29.8 Å². The van der Waals surface area contributed by atoms with Gasteiger partial charge in [-0.3, -0.25) is 0 Å². The van der Waals surface area contributed by atoms with Crippen LogP contribution in [0.5, 0.6) is 5.88 Å². The van der Waals surface area contributed by atoms with E-state index in [1.807, 2.05) is 6.92 Å². The average Bonchev–Trinajstić information content (AvgIpc) is 2.24. The predicted molar refractivity (Wildman–Crippen MR) is 62.5 cm³/mol. The maximum atomic E-state index is 5.71. The lowest BCUT2D eigenvalue weighted by Crippen LogP contribution is -2.10. The van der Waals surface area contributed by atoms with Crippen LogP contribution >= 0.6 is 0 Å². The standard InChI is InChI=1S/C11H19N3O2/c1-4-5-15-6-7-16-11-8(2)10(12)13-9(3)14-11/h4-7H2,1-3H3,(H2,12,13,14). The first-order valence-corrected chi connectivity index (χ1v) is 5.46. The SMILES string of the molecule is CCCOCCOc1nc(C)nc(N)c1C. The normalized spacial score (nSPS) is 10.4. The second-order valence-corrected chi connectivity index (χ2v) is 3.55. The summed E-state index contributed by atoms with van der Waals surface area (Å²) in [6.45, 7) is 7.51. The third-order valence-electron chi connectivity index (χ3n) is 2.07. The second-order valence-electron chi connectivity index (χ2n) is 3.55. The Morgan fingerprint density at radius 3 is 2.56 bits per heavy atom. The van der Waals surface area contributed by atoms with Crippen LogP contribution in [0.4, 0.5) is 5.82 Å². The predicted octanol–water partition coefficient (Wildman–Crippen LogP) is 1.48. The molecule has 90 valence electrons. The van der Waals surface area contributed by atoms with E-state index in [1.165, 1.54) is 0 Å². The number of hydrogen-bond acceptors (Lipinski definition) is 5. The van der Waals surface area contributed by atoms with E-state index < -0.39 is 0 Å². The van der Waals surface area contributed by atoms with Crippen LogP contribution in [0.1, 0.15) is 24.7 Å². The molecule has 0 saturated heterocycles. The number of aromatic nitrogens is 2. The number of nitrogens with two attached hydrogens (primary N) is 1. The Kier molecular flexibility index (Phi) is 4.98. The van der Waals surface area contributed by atoms with Crippen LogP contribution in [0, 0.1) is 13.8 Å². The van der Waals surface area contributed by atoms with Crippen LogP contribution in [-0.2, 0) is 4.74 Å². The fourth-order valence-electron chi connectivity index (χ4n) is 1.21. The first kappa shape index (κ1) is 12.7. The zero-order valence-electron chi connectivity index (χ0n) is 10.1. The van der Waals surface area contributed by atoms with Crippen molar-refractivity contribution >= 4 is 5.82 Å². The number of anilines is 1. The molecule has 0 aromatic carbocycles. The largest absolute Gasteiger partial charge is 0.475 e. The quantitative estimate of drug-likeness (QED) is 0.742. The van der Waals surface area contributed by atoms with Gasteiger partial charge in [-0.1, -0.05) is 6.92 Å². The van der Waals surface area contributed by atoms with Crippen LogP contribution in [0.2, 0.25) is 0 Å². The molecule has 0 bridgehead atoms. The van der Waals surface area contributed by atoms with E-state index in [4.69, 9.17) is 15.2 Å². The molecule has 0 spiro atoms. The third kappa shape index (κ3) is 3.66. The van der Waals surface area contributed by atoms with E-state index in [0.29, 0.717) is 30.7 Å². The van der Waals surface area contributed by atoms with Gasteiger partial charge in [-0.15, -0.1) is 0 Å². The highest BCUT2D eigenvalue weighted by Crippen LogP contribution is 2.18. The molecule has 0 aliphatic rings. The van der Waals surface area contributed by atoms with Crippen molar-refractivity contribution in [2.45, 2.75) is 27.2 Å². The molecule has 1 heterocycles. The number of aryl methyl sites for hydroxylation is 1. The second kappa shape index (κ2) is 6.27. The minimum Gasteiger partial charge on any atom is -0.475 e. The molecule has 0 saturated carbocycles. The van der Waals surface area contributed by atoms with Gasteiger partial charge < -0.3 is 15.2 Å². The van der Waals surface area contributed by atoms with Crippen LogP contribution < -0.4 is 10.5 Å². The van der Waals surface area contributed by atoms with E-state index in [-0.39, 0.29) is 0 Å². The molecule has 5 heteroatoms. The summed E-state index contributed by atoms with van der Waals surface area (Å²) in [5.41, 5.74) is 6.49. The van der Waals surface area contributed by atoms with Gasteiger partial charge in [-0.05, 0) is 20.3 Å². The highest BCUT2D eigenvalue weighted by atomic mass is 16.5. The zero-order chi connectivity index (χ0) is 12.0. The summed E-state index contributed by atoms with van der Waals surface area (Å²) in [5, 5.41) is 0. The fraction of sp³-hybridized carbons (Fsp3) is 0.636. The molecular weight excluding hydrogens is 206 g/mol. The maximum absolute atomic E-state index is 5.71. The summed E-state index contributed by atoms with van der Waals surface area (Å²) in [4.78, 5) is 8.23. The van der Waals surface area contributed by atoms with Crippen molar-refractivity contribution < 1.29 is 9.47 Å². The highest BCUT2D eigenvalue weighted by molar-refractivity contribution is 5.44. The Labute approximate surface area is 96.0 Å². The number of hydrogen-bond donors (Lipinski definition) is 1. The van der Waals surface area contributed by atoms with Gasteiger partial charge in [0, 0.05) is 6.61 Å². The number of nitrogen functional groups attached to an aromatic ring is 1. The molecular formula is C11H19N3O2. The lowest BCUT2D eigenvalue weighted by atomic mass is 10.3. The van der Waals surface area contributed by atoms with E-state index in [1.54, 1.807) is 6.92 Å². The Morgan fingerprint density at radius 2 is 1.88 bits per heavy atom. The summed E-state index contributed by atoms with van der Waals surface area (Å²) in [7, 11) is 0. The molecule has 0 radical (unpaired) electrons. The van der Waals surface area contributed by atoms with Crippen molar-refractivity contribution in [3.8, 4) is 5.88 Å². The number of ether oxygens (including phenoxy) is 2. The van der Waals surface area contributed by atoms with Crippen molar-refractivity contribution in [2.24, 2.45) is 0 Å². The molecule has 0 atom stereocenters.